The van der Waals surface area contributed by atoms with Crippen molar-refractivity contribution < 1.29 is 9.26 Å². The Kier molecular flexibility index (Phi) is 7.31. The SMILES string of the molecule is CC(C)N1CCOC(CN2CCN(CCCc3nc(-c4cccs4)no3)CC2)C1. The second kappa shape index (κ2) is 10.1. The summed E-state index contributed by atoms with van der Waals surface area (Å²) in [5.74, 6) is 1.46. The minimum atomic E-state index is 0.354. The van der Waals surface area contributed by atoms with Crippen LogP contribution in [0.2, 0.25) is 0 Å². The van der Waals surface area contributed by atoms with Gasteiger partial charge in [-0.3, -0.25) is 9.80 Å². The van der Waals surface area contributed by atoms with Gasteiger partial charge in [-0.05, 0) is 38.3 Å². The average Bonchev–Trinajstić information content (AvgIpc) is 3.41. The van der Waals surface area contributed by atoms with Crippen molar-refractivity contribution in [3.05, 3.63) is 23.4 Å². The molecule has 4 heterocycles. The molecule has 0 aliphatic carbocycles. The van der Waals surface area contributed by atoms with E-state index in [1.807, 2.05) is 17.5 Å². The second-order valence-electron chi connectivity index (χ2n) is 8.32. The van der Waals surface area contributed by atoms with Crippen molar-refractivity contribution in [3.63, 3.8) is 0 Å². The number of hydrogen-bond acceptors (Lipinski definition) is 8. The van der Waals surface area contributed by atoms with E-state index in [2.05, 4.69) is 38.7 Å². The Morgan fingerprint density at radius 1 is 1.17 bits per heavy atom. The van der Waals surface area contributed by atoms with Crippen LogP contribution in [0.25, 0.3) is 10.7 Å². The second-order valence-corrected chi connectivity index (χ2v) is 9.26. The monoisotopic (exact) mass is 419 g/mol. The van der Waals surface area contributed by atoms with Gasteiger partial charge in [-0.1, -0.05) is 11.2 Å². The van der Waals surface area contributed by atoms with Gasteiger partial charge in [0.25, 0.3) is 0 Å². The summed E-state index contributed by atoms with van der Waals surface area (Å²) in [6, 6.07) is 4.65. The van der Waals surface area contributed by atoms with Gasteiger partial charge in [-0.15, -0.1) is 11.3 Å². The Hall–Kier alpha value is -1.32. The fourth-order valence-electron chi connectivity index (χ4n) is 4.12. The van der Waals surface area contributed by atoms with E-state index in [1.165, 1.54) is 0 Å². The maximum atomic E-state index is 6.01. The van der Waals surface area contributed by atoms with Gasteiger partial charge in [0.15, 0.2) is 0 Å². The van der Waals surface area contributed by atoms with E-state index in [4.69, 9.17) is 9.26 Å². The number of morpholine rings is 1. The van der Waals surface area contributed by atoms with Crippen molar-refractivity contribution in [1.29, 1.82) is 0 Å². The molecule has 0 aromatic carbocycles. The van der Waals surface area contributed by atoms with E-state index >= 15 is 0 Å². The molecule has 0 radical (unpaired) electrons. The molecule has 0 spiro atoms. The molecule has 0 N–H and O–H groups in total. The summed E-state index contributed by atoms with van der Waals surface area (Å²) in [7, 11) is 0. The van der Waals surface area contributed by atoms with Crippen LogP contribution >= 0.6 is 11.3 Å². The fourth-order valence-corrected chi connectivity index (χ4v) is 4.77. The molecule has 2 saturated heterocycles. The standard InChI is InChI=1S/C21H33N5O2S/c1-17(2)26-12-13-27-18(16-26)15-25-10-8-24(9-11-25)7-3-6-20-22-21(23-28-20)19-5-4-14-29-19/h4-5,14,17-18H,3,6-13,15-16H2,1-2H3. The molecule has 1 unspecified atom stereocenters. The summed E-state index contributed by atoms with van der Waals surface area (Å²) in [4.78, 5) is 13.2. The Balaban J connectivity index is 1.13. The van der Waals surface area contributed by atoms with E-state index in [-0.39, 0.29) is 0 Å². The molecule has 2 aliphatic heterocycles. The summed E-state index contributed by atoms with van der Waals surface area (Å²) in [6.45, 7) is 14.2. The lowest BCUT2D eigenvalue weighted by Crippen LogP contribution is -2.53. The fraction of sp³-hybridized carbons (Fsp3) is 0.714. The van der Waals surface area contributed by atoms with Crippen LogP contribution in [0.15, 0.2) is 22.0 Å². The van der Waals surface area contributed by atoms with Crippen molar-refractivity contribution in [2.75, 3.05) is 59.0 Å². The van der Waals surface area contributed by atoms with Gasteiger partial charge in [0.05, 0.1) is 17.6 Å². The molecule has 0 saturated carbocycles. The number of nitrogens with zero attached hydrogens (tertiary/aromatic N) is 5. The first-order valence-corrected chi connectivity index (χ1v) is 11.7. The van der Waals surface area contributed by atoms with Crippen LogP contribution in [-0.2, 0) is 11.2 Å². The number of aryl methyl sites for hydroxylation is 1. The summed E-state index contributed by atoms with van der Waals surface area (Å²) in [6.07, 6.45) is 2.26. The summed E-state index contributed by atoms with van der Waals surface area (Å²) in [5.41, 5.74) is 0. The van der Waals surface area contributed by atoms with E-state index in [9.17, 15) is 0 Å². The van der Waals surface area contributed by atoms with Gasteiger partial charge < -0.3 is 14.2 Å². The van der Waals surface area contributed by atoms with Crippen LogP contribution in [0.1, 0.15) is 26.2 Å². The molecule has 160 valence electrons. The van der Waals surface area contributed by atoms with Crippen LogP contribution in [0.3, 0.4) is 0 Å². The molecule has 4 rings (SSSR count). The van der Waals surface area contributed by atoms with Gasteiger partial charge in [-0.2, -0.15) is 4.98 Å². The van der Waals surface area contributed by atoms with Gasteiger partial charge in [-0.25, -0.2) is 0 Å². The summed E-state index contributed by atoms with van der Waals surface area (Å²) >= 11 is 1.64. The first-order chi connectivity index (χ1) is 14.2. The van der Waals surface area contributed by atoms with Crippen molar-refractivity contribution in [2.24, 2.45) is 0 Å². The van der Waals surface area contributed by atoms with Crippen molar-refractivity contribution >= 4 is 11.3 Å². The summed E-state index contributed by atoms with van der Waals surface area (Å²) < 4.78 is 11.4. The zero-order valence-electron chi connectivity index (χ0n) is 17.6. The maximum Gasteiger partial charge on any atom is 0.227 e. The Labute approximate surface area is 177 Å². The molecule has 8 heteroatoms. The topological polar surface area (TPSA) is 57.9 Å². The number of hydrogen-bond donors (Lipinski definition) is 0. The molecule has 2 aromatic heterocycles. The van der Waals surface area contributed by atoms with Crippen molar-refractivity contribution in [2.45, 2.75) is 38.8 Å². The third-order valence-electron chi connectivity index (χ3n) is 5.90. The number of rotatable bonds is 8. The number of aromatic nitrogens is 2. The lowest BCUT2D eigenvalue weighted by Gasteiger charge is -2.40. The zero-order chi connectivity index (χ0) is 20.1. The van der Waals surface area contributed by atoms with Crippen LogP contribution < -0.4 is 0 Å². The van der Waals surface area contributed by atoms with E-state index in [1.54, 1.807) is 11.3 Å². The molecule has 0 bridgehead atoms. The average molecular weight is 420 g/mol. The highest BCUT2D eigenvalue weighted by atomic mass is 32.1. The quantitative estimate of drug-likeness (QED) is 0.651. The normalized spacial score (nSPS) is 22.5. The molecule has 29 heavy (non-hydrogen) atoms. The lowest BCUT2D eigenvalue weighted by atomic mass is 10.2. The van der Waals surface area contributed by atoms with Crippen LogP contribution in [0, 0.1) is 0 Å². The minimum Gasteiger partial charge on any atom is -0.374 e. The molecular weight excluding hydrogens is 386 g/mol. The highest BCUT2D eigenvalue weighted by molar-refractivity contribution is 7.13. The van der Waals surface area contributed by atoms with Crippen LogP contribution in [-0.4, -0.2) is 96.0 Å². The van der Waals surface area contributed by atoms with Gasteiger partial charge >= 0.3 is 0 Å². The first kappa shape index (κ1) is 20.9. The molecule has 0 amide bonds. The molecule has 2 fully saturated rings. The third-order valence-corrected chi connectivity index (χ3v) is 6.77. The van der Waals surface area contributed by atoms with Crippen LogP contribution in [0.5, 0.6) is 0 Å². The smallest absolute Gasteiger partial charge is 0.227 e. The van der Waals surface area contributed by atoms with Gasteiger partial charge in [0.2, 0.25) is 11.7 Å². The Morgan fingerprint density at radius 3 is 2.76 bits per heavy atom. The molecular formula is C21H33N5O2S. The highest BCUT2D eigenvalue weighted by Crippen LogP contribution is 2.21. The van der Waals surface area contributed by atoms with Crippen molar-refractivity contribution in [1.82, 2.24) is 24.8 Å². The minimum absolute atomic E-state index is 0.354. The largest absolute Gasteiger partial charge is 0.374 e. The third kappa shape index (κ3) is 5.86. The van der Waals surface area contributed by atoms with Crippen molar-refractivity contribution in [3.8, 4) is 10.7 Å². The van der Waals surface area contributed by atoms with Gasteiger partial charge in [0.1, 0.15) is 0 Å². The number of ether oxygens (including phenoxy) is 1. The van der Waals surface area contributed by atoms with E-state index in [0.717, 1.165) is 82.6 Å². The molecule has 2 aliphatic rings. The predicted octanol–water partition coefficient (Wildman–Crippen LogP) is 2.46. The Bertz CT molecular complexity index is 727. The lowest BCUT2D eigenvalue weighted by molar-refractivity contribution is -0.0563. The molecule has 1 atom stereocenters. The van der Waals surface area contributed by atoms with Gasteiger partial charge in [0, 0.05) is 58.3 Å². The number of piperazine rings is 1. The number of thiophene rings is 1. The predicted molar refractivity (Wildman–Crippen MR) is 115 cm³/mol. The Morgan fingerprint density at radius 2 is 2.00 bits per heavy atom. The zero-order valence-corrected chi connectivity index (χ0v) is 18.4. The maximum absolute atomic E-state index is 6.01. The molecule has 7 nitrogen and oxygen atoms in total. The first-order valence-electron chi connectivity index (χ1n) is 10.8. The van der Waals surface area contributed by atoms with E-state index in [0.29, 0.717) is 18.0 Å². The summed E-state index contributed by atoms with van der Waals surface area (Å²) in [5, 5.41) is 6.13. The van der Waals surface area contributed by atoms with E-state index < -0.39 is 0 Å². The highest BCUT2D eigenvalue weighted by Gasteiger charge is 2.26. The van der Waals surface area contributed by atoms with Crippen LogP contribution in [0.4, 0.5) is 0 Å². The molecule has 2 aromatic rings.